The van der Waals surface area contributed by atoms with E-state index in [2.05, 4.69) is 15.3 Å². The molecule has 2 aromatic heterocycles. The van der Waals surface area contributed by atoms with Gasteiger partial charge in [0.15, 0.2) is 0 Å². The third-order valence-corrected chi connectivity index (χ3v) is 8.36. The smallest absolute Gasteiger partial charge is 0.252 e. The number of para-hydroxylation sites is 2. The molecule has 1 aliphatic heterocycles. The summed E-state index contributed by atoms with van der Waals surface area (Å²) in [4.78, 5) is 20.4. The van der Waals surface area contributed by atoms with E-state index in [0.717, 1.165) is 11.0 Å². The Morgan fingerprint density at radius 2 is 2.00 bits per heavy atom. The number of hydrogen-bond acceptors (Lipinski definition) is 5. The van der Waals surface area contributed by atoms with E-state index in [1.807, 2.05) is 31.2 Å². The molecule has 1 fully saturated rings. The number of nitrogens with one attached hydrogen (secondary N) is 2. The summed E-state index contributed by atoms with van der Waals surface area (Å²) in [6.07, 6.45) is 1.03. The third-order valence-electron chi connectivity index (χ3n) is 5.09. The van der Waals surface area contributed by atoms with Crippen LogP contribution in [-0.4, -0.2) is 41.7 Å². The van der Waals surface area contributed by atoms with E-state index in [-0.39, 0.29) is 17.9 Å². The second-order valence-electron chi connectivity index (χ2n) is 6.98. The molecule has 0 aliphatic carbocycles. The molecule has 1 atom stereocenters. The molecule has 28 heavy (non-hydrogen) atoms. The van der Waals surface area contributed by atoms with E-state index in [0.29, 0.717) is 36.0 Å². The van der Waals surface area contributed by atoms with Gasteiger partial charge >= 0.3 is 0 Å². The molecule has 3 heterocycles. The van der Waals surface area contributed by atoms with Crippen molar-refractivity contribution in [3.63, 3.8) is 0 Å². The molecular weight excluding hydrogens is 396 g/mol. The zero-order valence-corrected chi connectivity index (χ0v) is 17.1. The van der Waals surface area contributed by atoms with Crippen molar-refractivity contribution in [2.24, 2.45) is 5.92 Å². The highest BCUT2D eigenvalue weighted by atomic mass is 32.2. The lowest BCUT2D eigenvalue weighted by Crippen LogP contribution is -2.43. The number of carbonyl (C=O) groups is 1. The Labute approximate surface area is 167 Å². The van der Waals surface area contributed by atoms with Gasteiger partial charge in [0, 0.05) is 19.0 Å². The molecule has 4 rings (SSSR count). The van der Waals surface area contributed by atoms with Crippen molar-refractivity contribution in [2.45, 2.75) is 30.0 Å². The molecule has 148 valence electrons. The Kier molecular flexibility index (Phi) is 5.22. The summed E-state index contributed by atoms with van der Waals surface area (Å²) in [7, 11) is -3.44. The number of imidazole rings is 1. The second-order valence-corrected chi connectivity index (χ2v) is 10.1. The van der Waals surface area contributed by atoms with Gasteiger partial charge in [0.25, 0.3) is 10.0 Å². The van der Waals surface area contributed by atoms with Gasteiger partial charge in [-0.15, -0.1) is 11.3 Å². The first-order valence-corrected chi connectivity index (χ1v) is 11.6. The molecule has 0 bridgehead atoms. The number of fused-ring (bicyclic) bond motifs is 1. The summed E-state index contributed by atoms with van der Waals surface area (Å²) < 4.78 is 27.0. The lowest BCUT2D eigenvalue weighted by molar-refractivity contribution is -0.126. The maximum absolute atomic E-state index is 12.7. The molecule has 1 saturated heterocycles. The number of piperidine rings is 1. The molecule has 7 nitrogen and oxygen atoms in total. The fourth-order valence-corrected chi connectivity index (χ4v) is 6.09. The van der Waals surface area contributed by atoms with Crippen LogP contribution in [0.15, 0.2) is 46.0 Å². The van der Waals surface area contributed by atoms with Gasteiger partial charge in [-0.3, -0.25) is 4.79 Å². The molecule has 3 aromatic rings. The largest absolute Gasteiger partial charge is 0.346 e. The molecular formula is C19H22N4O3S2. The predicted octanol–water partition coefficient (Wildman–Crippen LogP) is 2.90. The van der Waals surface area contributed by atoms with Gasteiger partial charge in [0.1, 0.15) is 10.0 Å². The highest BCUT2D eigenvalue weighted by molar-refractivity contribution is 7.91. The average Bonchev–Trinajstić information content (AvgIpc) is 3.38. The van der Waals surface area contributed by atoms with E-state index in [1.165, 1.54) is 15.6 Å². The number of carbonyl (C=O) groups excluding carboxylic acids is 1. The van der Waals surface area contributed by atoms with Crippen molar-refractivity contribution in [3.05, 3.63) is 47.6 Å². The lowest BCUT2D eigenvalue weighted by atomic mass is 9.97. The van der Waals surface area contributed by atoms with E-state index < -0.39 is 10.0 Å². The van der Waals surface area contributed by atoms with Gasteiger partial charge < -0.3 is 10.3 Å². The minimum Gasteiger partial charge on any atom is -0.346 e. The summed E-state index contributed by atoms with van der Waals surface area (Å²) in [5, 5.41) is 4.77. The molecule has 0 unspecified atom stereocenters. The molecule has 9 heteroatoms. The van der Waals surface area contributed by atoms with Gasteiger partial charge in [-0.25, -0.2) is 13.4 Å². The number of thiophene rings is 1. The topological polar surface area (TPSA) is 95.2 Å². The Hall–Kier alpha value is -2.23. The first-order valence-electron chi connectivity index (χ1n) is 9.24. The highest BCUT2D eigenvalue weighted by Crippen LogP contribution is 2.27. The molecule has 0 spiro atoms. The molecule has 1 aromatic carbocycles. The van der Waals surface area contributed by atoms with E-state index >= 15 is 0 Å². The van der Waals surface area contributed by atoms with Crippen LogP contribution in [0.4, 0.5) is 0 Å². The number of amides is 1. The van der Waals surface area contributed by atoms with Crippen LogP contribution >= 0.6 is 11.3 Å². The van der Waals surface area contributed by atoms with Gasteiger partial charge in [0.2, 0.25) is 5.91 Å². The number of sulfonamides is 1. The maximum atomic E-state index is 12.7. The summed E-state index contributed by atoms with van der Waals surface area (Å²) in [5.41, 5.74) is 1.80. The molecule has 1 aliphatic rings. The van der Waals surface area contributed by atoms with Gasteiger partial charge in [-0.05, 0) is 43.3 Å². The fourth-order valence-electron chi connectivity index (χ4n) is 3.47. The van der Waals surface area contributed by atoms with Crippen molar-refractivity contribution < 1.29 is 13.2 Å². The van der Waals surface area contributed by atoms with Gasteiger partial charge in [0.05, 0.1) is 17.1 Å². The number of nitrogens with zero attached hydrogens (tertiary/aromatic N) is 2. The number of benzene rings is 1. The molecule has 2 N–H and O–H groups in total. The Morgan fingerprint density at radius 1 is 1.25 bits per heavy atom. The summed E-state index contributed by atoms with van der Waals surface area (Å²) >= 11 is 1.22. The average molecular weight is 419 g/mol. The zero-order valence-electron chi connectivity index (χ0n) is 15.5. The minimum absolute atomic E-state index is 0.0545. The second kappa shape index (κ2) is 7.65. The van der Waals surface area contributed by atoms with Gasteiger partial charge in [-0.1, -0.05) is 18.2 Å². The third kappa shape index (κ3) is 3.69. The van der Waals surface area contributed by atoms with Crippen molar-refractivity contribution in [1.82, 2.24) is 19.6 Å². The van der Waals surface area contributed by atoms with Crippen molar-refractivity contribution in [2.75, 3.05) is 13.1 Å². The quantitative estimate of drug-likeness (QED) is 0.666. The predicted molar refractivity (Wildman–Crippen MR) is 108 cm³/mol. The van der Waals surface area contributed by atoms with Crippen molar-refractivity contribution >= 4 is 38.3 Å². The lowest BCUT2D eigenvalue weighted by Gasteiger charge is -2.30. The Balaban J connectivity index is 1.36. The first kappa shape index (κ1) is 19.1. The molecule has 0 radical (unpaired) electrons. The highest BCUT2D eigenvalue weighted by Gasteiger charge is 2.33. The van der Waals surface area contributed by atoms with Gasteiger partial charge in [-0.2, -0.15) is 4.31 Å². The van der Waals surface area contributed by atoms with Crippen LogP contribution in [-0.2, 0) is 14.8 Å². The normalized spacial score (nSPS) is 17.6. The number of aromatic amines is 1. The number of aromatic nitrogens is 2. The summed E-state index contributed by atoms with van der Waals surface area (Å²) in [5.74, 6) is 0.468. The number of hydrogen-bond donors (Lipinski definition) is 2. The molecule has 0 saturated carbocycles. The van der Waals surface area contributed by atoms with Crippen LogP contribution in [0.3, 0.4) is 0 Å². The van der Waals surface area contributed by atoms with Crippen LogP contribution in [0.2, 0.25) is 0 Å². The monoisotopic (exact) mass is 418 g/mol. The van der Waals surface area contributed by atoms with Crippen LogP contribution in [0, 0.1) is 5.92 Å². The molecule has 1 amide bonds. The summed E-state index contributed by atoms with van der Waals surface area (Å²) in [6, 6.07) is 10.8. The van der Waals surface area contributed by atoms with Crippen molar-refractivity contribution in [3.8, 4) is 0 Å². The van der Waals surface area contributed by atoms with Crippen LogP contribution in [0.5, 0.6) is 0 Å². The van der Waals surface area contributed by atoms with E-state index in [9.17, 15) is 13.2 Å². The van der Waals surface area contributed by atoms with Crippen LogP contribution in [0.1, 0.15) is 31.6 Å². The van der Waals surface area contributed by atoms with E-state index in [4.69, 9.17) is 0 Å². The standard InChI is InChI=1S/C19H22N4O3S2/c1-13(18-21-15-5-2-3-6-16(15)22-18)20-19(24)14-8-10-23(11-9-14)28(25,26)17-7-4-12-27-17/h2-7,12-14H,8-11H2,1H3,(H,20,24)(H,21,22)/t13-/m0/s1. The first-order chi connectivity index (χ1) is 13.4. The SMILES string of the molecule is C[C@H](NC(=O)C1CCN(S(=O)(=O)c2cccs2)CC1)c1nc2ccccc2[nH]1. The van der Waals surface area contributed by atoms with Crippen LogP contribution < -0.4 is 5.32 Å². The van der Waals surface area contributed by atoms with E-state index in [1.54, 1.807) is 17.5 Å². The number of H-pyrrole nitrogens is 1. The Bertz CT molecular complexity index is 1030. The van der Waals surface area contributed by atoms with Crippen molar-refractivity contribution in [1.29, 1.82) is 0 Å². The zero-order chi connectivity index (χ0) is 19.7. The Morgan fingerprint density at radius 3 is 2.68 bits per heavy atom. The van der Waals surface area contributed by atoms with Crippen LogP contribution in [0.25, 0.3) is 11.0 Å². The fraction of sp³-hybridized carbons (Fsp3) is 0.368. The summed E-state index contributed by atoms with van der Waals surface area (Å²) in [6.45, 7) is 2.61. The number of rotatable bonds is 5. The minimum atomic E-state index is -3.44. The maximum Gasteiger partial charge on any atom is 0.252 e.